The second-order valence-corrected chi connectivity index (χ2v) is 7.42. The monoisotopic (exact) mass is 298 g/mol. The molecule has 0 aromatic carbocycles. The van der Waals surface area contributed by atoms with Gasteiger partial charge >= 0.3 is 0 Å². The van der Waals surface area contributed by atoms with E-state index >= 15 is 0 Å². The van der Waals surface area contributed by atoms with Gasteiger partial charge < -0.3 is 10.6 Å². The van der Waals surface area contributed by atoms with E-state index in [0.29, 0.717) is 19.0 Å². The molecule has 0 saturated carbocycles. The third-order valence-electron chi connectivity index (χ3n) is 3.39. The first kappa shape index (κ1) is 15.2. The molecule has 1 aromatic heterocycles. The van der Waals surface area contributed by atoms with Crippen molar-refractivity contribution in [1.82, 2.24) is 14.2 Å². The largest absolute Gasteiger partial charge is 0.398 e. The lowest BCUT2D eigenvalue weighted by Gasteiger charge is -2.34. The Morgan fingerprint density at radius 1 is 1.30 bits per heavy atom. The van der Waals surface area contributed by atoms with E-state index in [1.165, 1.54) is 22.8 Å². The van der Waals surface area contributed by atoms with Crippen LogP contribution in [0.4, 0.5) is 5.69 Å². The highest BCUT2D eigenvalue weighted by Gasteiger charge is 2.30. The molecule has 1 aliphatic heterocycles. The van der Waals surface area contributed by atoms with Gasteiger partial charge in [0.1, 0.15) is 4.90 Å². The van der Waals surface area contributed by atoms with Crippen molar-refractivity contribution in [2.75, 3.05) is 38.5 Å². The smallest absolute Gasteiger partial charge is 0.246 e. The number of nitrogens with zero attached hydrogens (tertiary/aromatic N) is 3. The fourth-order valence-electron chi connectivity index (χ4n) is 2.41. The number of hydrogen-bond acceptors (Lipinski definition) is 5. The minimum atomic E-state index is -3.53. The summed E-state index contributed by atoms with van der Waals surface area (Å²) in [6.45, 7) is 7.86. The molecule has 1 aliphatic rings. The summed E-state index contributed by atoms with van der Waals surface area (Å²) in [4.78, 5) is 6.27. The molecule has 1 aromatic rings. The molecule has 1 saturated heterocycles. The lowest BCUT2D eigenvalue weighted by Crippen LogP contribution is -2.49. The van der Waals surface area contributed by atoms with Gasteiger partial charge in [0.15, 0.2) is 0 Å². The van der Waals surface area contributed by atoms with Gasteiger partial charge in [0.2, 0.25) is 10.0 Å². The molecular weight excluding hydrogens is 276 g/mol. The van der Waals surface area contributed by atoms with E-state index in [-0.39, 0.29) is 10.6 Å². The average Bonchev–Trinajstić information content (AvgIpc) is 2.39. The number of rotatable bonds is 4. The Balaban J connectivity index is 2.08. The van der Waals surface area contributed by atoms with Gasteiger partial charge in [0.05, 0.1) is 5.69 Å². The van der Waals surface area contributed by atoms with E-state index in [0.717, 1.165) is 19.6 Å². The molecule has 0 radical (unpaired) electrons. The number of hydrogen-bond donors (Lipinski definition) is 1. The van der Waals surface area contributed by atoms with Gasteiger partial charge in [-0.15, -0.1) is 0 Å². The molecule has 2 heterocycles. The van der Waals surface area contributed by atoms with Gasteiger partial charge in [-0.2, -0.15) is 4.31 Å². The van der Waals surface area contributed by atoms with Gasteiger partial charge in [-0.3, -0.25) is 4.98 Å². The Morgan fingerprint density at radius 2 is 1.95 bits per heavy atom. The molecule has 0 amide bonds. The van der Waals surface area contributed by atoms with Crippen LogP contribution in [0.2, 0.25) is 0 Å². The van der Waals surface area contributed by atoms with Crippen LogP contribution in [0.1, 0.15) is 13.8 Å². The second-order valence-electron chi connectivity index (χ2n) is 5.51. The summed E-state index contributed by atoms with van der Waals surface area (Å²) in [5.41, 5.74) is 6.00. The predicted octanol–water partition coefficient (Wildman–Crippen LogP) is 0.626. The Hall–Kier alpha value is -1.18. The van der Waals surface area contributed by atoms with Crippen LogP contribution in [-0.4, -0.2) is 55.3 Å². The minimum absolute atomic E-state index is 0.109. The van der Waals surface area contributed by atoms with Crippen molar-refractivity contribution < 1.29 is 8.42 Å². The summed E-state index contributed by atoms with van der Waals surface area (Å²) in [6, 6.07) is 1.52. The zero-order valence-corrected chi connectivity index (χ0v) is 12.8. The standard InChI is InChI=1S/C13H22N4O2S/c1-11(2)10-16-5-7-17(8-6-16)20(18,19)13-9-15-4-3-12(13)14/h3-4,9,11H,5-8,10H2,1-2H3,(H2,14,15). The molecule has 0 aliphatic carbocycles. The van der Waals surface area contributed by atoms with Crippen LogP contribution >= 0.6 is 0 Å². The molecule has 0 unspecified atom stereocenters. The third-order valence-corrected chi connectivity index (χ3v) is 5.33. The van der Waals surface area contributed by atoms with Gasteiger partial charge in [-0.05, 0) is 12.0 Å². The van der Waals surface area contributed by atoms with Crippen molar-refractivity contribution >= 4 is 15.7 Å². The summed E-state index contributed by atoms with van der Waals surface area (Å²) < 4.78 is 26.5. The number of aromatic nitrogens is 1. The number of anilines is 1. The number of pyridine rings is 1. The number of nitrogen functional groups attached to an aromatic ring is 1. The molecule has 0 atom stereocenters. The summed E-state index contributed by atoms with van der Waals surface area (Å²) >= 11 is 0. The summed E-state index contributed by atoms with van der Waals surface area (Å²) in [5.74, 6) is 0.590. The average molecular weight is 298 g/mol. The molecule has 7 heteroatoms. The Kier molecular flexibility index (Phi) is 4.62. The first-order valence-electron chi connectivity index (χ1n) is 6.83. The van der Waals surface area contributed by atoms with Crippen LogP contribution in [0.5, 0.6) is 0 Å². The maximum absolute atomic E-state index is 12.5. The highest BCUT2D eigenvalue weighted by Crippen LogP contribution is 2.22. The van der Waals surface area contributed by atoms with Crippen molar-refractivity contribution in [3.05, 3.63) is 18.5 Å². The van der Waals surface area contributed by atoms with Gasteiger partial charge in [-0.25, -0.2) is 8.42 Å². The van der Waals surface area contributed by atoms with Gasteiger partial charge in [-0.1, -0.05) is 13.8 Å². The first-order valence-corrected chi connectivity index (χ1v) is 8.27. The van der Waals surface area contributed by atoms with Crippen molar-refractivity contribution in [3.8, 4) is 0 Å². The van der Waals surface area contributed by atoms with Crippen LogP contribution in [0.3, 0.4) is 0 Å². The third kappa shape index (κ3) is 3.28. The van der Waals surface area contributed by atoms with Crippen molar-refractivity contribution in [2.45, 2.75) is 18.7 Å². The SMILES string of the molecule is CC(C)CN1CCN(S(=O)(=O)c2cnccc2N)CC1. The zero-order valence-electron chi connectivity index (χ0n) is 12.0. The van der Waals surface area contributed by atoms with Crippen molar-refractivity contribution in [1.29, 1.82) is 0 Å². The lowest BCUT2D eigenvalue weighted by molar-refractivity contribution is 0.172. The Morgan fingerprint density at radius 3 is 2.50 bits per heavy atom. The molecule has 6 nitrogen and oxygen atoms in total. The molecule has 0 bridgehead atoms. The first-order chi connectivity index (χ1) is 9.41. The highest BCUT2D eigenvalue weighted by molar-refractivity contribution is 7.89. The zero-order chi connectivity index (χ0) is 14.8. The molecule has 2 N–H and O–H groups in total. The van der Waals surface area contributed by atoms with Gasteiger partial charge in [0.25, 0.3) is 0 Å². The molecule has 112 valence electrons. The molecule has 1 fully saturated rings. The van der Waals surface area contributed by atoms with E-state index in [2.05, 4.69) is 23.7 Å². The second kappa shape index (κ2) is 6.07. The highest BCUT2D eigenvalue weighted by atomic mass is 32.2. The number of piperazine rings is 1. The van der Waals surface area contributed by atoms with E-state index in [1.54, 1.807) is 0 Å². The van der Waals surface area contributed by atoms with E-state index in [9.17, 15) is 8.42 Å². The molecule has 0 spiro atoms. The molecule has 20 heavy (non-hydrogen) atoms. The number of sulfonamides is 1. The lowest BCUT2D eigenvalue weighted by atomic mass is 10.2. The van der Waals surface area contributed by atoms with E-state index < -0.39 is 10.0 Å². The van der Waals surface area contributed by atoms with Crippen LogP contribution < -0.4 is 5.73 Å². The van der Waals surface area contributed by atoms with Crippen LogP contribution in [0.15, 0.2) is 23.4 Å². The van der Waals surface area contributed by atoms with Crippen LogP contribution in [-0.2, 0) is 10.0 Å². The van der Waals surface area contributed by atoms with Crippen molar-refractivity contribution in [2.24, 2.45) is 5.92 Å². The fourth-order valence-corrected chi connectivity index (χ4v) is 3.90. The van der Waals surface area contributed by atoms with Crippen LogP contribution in [0.25, 0.3) is 0 Å². The fraction of sp³-hybridized carbons (Fsp3) is 0.615. The van der Waals surface area contributed by atoms with Crippen molar-refractivity contribution in [3.63, 3.8) is 0 Å². The molecule has 2 rings (SSSR count). The quantitative estimate of drug-likeness (QED) is 0.882. The van der Waals surface area contributed by atoms with Gasteiger partial charge in [0, 0.05) is 45.1 Å². The Bertz CT molecular complexity index is 551. The number of nitrogens with two attached hydrogens (primary N) is 1. The molecular formula is C13H22N4O2S. The minimum Gasteiger partial charge on any atom is -0.398 e. The maximum Gasteiger partial charge on any atom is 0.246 e. The predicted molar refractivity (Wildman–Crippen MR) is 78.7 cm³/mol. The summed E-state index contributed by atoms with van der Waals surface area (Å²) in [5, 5.41) is 0. The Labute approximate surface area is 120 Å². The van der Waals surface area contributed by atoms with E-state index in [1.807, 2.05) is 0 Å². The summed E-state index contributed by atoms with van der Waals surface area (Å²) in [7, 11) is -3.53. The normalized spacial score (nSPS) is 18.6. The maximum atomic E-state index is 12.5. The van der Waals surface area contributed by atoms with Crippen LogP contribution in [0, 0.1) is 5.92 Å². The topological polar surface area (TPSA) is 79.5 Å². The van der Waals surface area contributed by atoms with E-state index in [4.69, 9.17) is 5.73 Å². The summed E-state index contributed by atoms with van der Waals surface area (Å²) in [6.07, 6.45) is 2.82.